The van der Waals surface area contributed by atoms with Crippen LogP contribution in [-0.4, -0.2) is 59.2 Å². The highest BCUT2D eigenvalue weighted by Crippen LogP contribution is 2.47. The largest absolute Gasteiger partial charge is 0.594 e. The second-order valence-electron chi connectivity index (χ2n) is 11.8. The van der Waals surface area contributed by atoms with Gasteiger partial charge in [-0.2, -0.15) is 35.5 Å². The quantitative estimate of drug-likeness (QED) is 0.0112. The zero-order chi connectivity index (χ0) is 43.0. The van der Waals surface area contributed by atoms with Crippen LogP contribution in [0.15, 0.2) is 130 Å². The second kappa shape index (κ2) is 16.1. The lowest BCUT2D eigenvalue weighted by Gasteiger charge is -2.12. The third-order valence-electron chi connectivity index (χ3n) is 8.04. The van der Waals surface area contributed by atoms with E-state index in [1.807, 2.05) is 0 Å². The van der Waals surface area contributed by atoms with E-state index in [0.717, 1.165) is 24.3 Å². The minimum atomic E-state index is -5.17. The van der Waals surface area contributed by atoms with Crippen LogP contribution in [0.2, 0.25) is 0 Å². The number of azo groups is 3. The zero-order valence-corrected chi connectivity index (χ0v) is 32.2. The molecule has 0 atom stereocenters. The van der Waals surface area contributed by atoms with E-state index in [0.29, 0.717) is 18.1 Å². The Kier molecular flexibility index (Phi) is 11.5. The number of hydrogen-bond acceptors (Lipinski definition) is 20. The number of fused-ring (bicyclic) bond motifs is 2. The van der Waals surface area contributed by atoms with Gasteiger partial charge in [0.15, 0.2) is 11.5 Å². The molecule has 6 aromatic rings. The molecule has 0 saturated heterocycles. The molecule has 0 aliphatic rings. The molecule has 0 radical (unpaired) electrons. The molecule has 0 aromatic heterocycles. The van der Waals surface area contributed by atoms with Gasteiger partial charge in [-0.05, 0) is 72.8 Å². The van der Waals surface area contributed by atoms with Gasteiger partial charge in [-0.3, -0.25) is 13.7 Å². The second-order valence-corrected chi connectivity index (χ2v) is 16.6. The van der Waals surface area contributed by atoms with Crippen LogP contribution in [0.25, 0.3) is 21.5 Å². The van der Waals surface area contributed by atoms with Crippen molar-refractivity contribution < 1.29 is 68.6 Å². The molecule has 0 unspecified atom stereocenters. The molecule has 6 aromatic carbocycles. The predicted octanol–water partition coefficient (Wildman–Crippen LogP) is 7.49. The maximum atomic E-state index is 12.8. The van der Waals surface area contributed by atoms with Crippen molar-refractivity contribution >= 4 is 109 Å². The number of anilines is 2. The molecule has 0 spiro atoms. The fourth-order valence-corrected chi connectivity index (χ4v) is 8.27. The average molecular weight is 889 g/mol. The van der Waals surface area contributed by atoms with Crippen molar-refractivity contribution in [2.24, 2.45) is 25.6 Å². The van der Waals surface area contributed by atoms with E-state index in [4.69, 9.17) is 16.7 Å². The number of rotatable bonds is 12. The first kappa shape index (κ1) is 42.2. The lowest BCUT2D eigenvalue weighted by Crippen LogP contribution is -2.06. The Morgan fingerprint density at radius 2 is 1.05 bits per heavy atom. The molecular weight excluding hydrogens is 865 g/mol. The van der Waals surface area contributed by atoms with Crippen molar-refractivity contribution in [2.45, 2.75) is 19.6 Å². The molecule has 0 bridgehead atoms. The predicted molar refractivity (Wildman–Crippen MR) is 207 cm³/mol. The van der Waals surface area contributed by atoms with Gasteiger partial charge in [0.05, 0.1) is 39.7 Å². The molecule has 0 heterocycles. The summed E-state index contributed by atoms with van der Waals surface area (Å²) in [5, 5.41) is 65.4. The third kappa shape index (κ3) is 8.87. The summed E-state index contributed by atoms with van der Waals surface area (Å²) in [4.78, 5) is -2.54. The summed E-state index contributed by atoms with van der Waals surface area (Å²) in [6.07, 6.45) is 0. The van der Waals surface area contributed by atoms with Crippen LogP contribution in [0.3, 0.4) is 0 Å². The van der Waals surface area contributed by atoms with Crippen molar-refractivity contribution in [3.8, 4) is 11.5 Å². The highest BCUT2D eigenvalue weighted by atomic mass is 32.2. The van der Waals surface area contributed by atoms with Gasteiger partial charge in [0.1, 0.15) is 31.7 Å². The van der Waals surface area contributed by atoms with Crippen molar-refractivity contribution in [3.63, 3.8) is 0 Å². The summed E-state index contributed by atoms with van der Waals surface area (Å²) < 4.78 is 106. The molecule has 27 heteroatoms. The molecule has 6 rings (SSSR count). The van der Waals surface area contributed by atoms with Crippen LogP contribution in [0.5, 0.6) is 11.5 Å². The Labute approximate surface area is 335 Å². The molecular formula is C32H24N8O15S4. The maximum absolute atomic E-state index is 12.8. The first-order valence-corrected chi connectivity index (χ1v) is 20.7. The van der Waals surface area contributed by atoms with Crippen LogP contribution in [-0.2, 0) is 39.7 Å². The minimum absolute atomic E-state index is 0.0139. The monoisotopic (exact) mass is 888 g/mol. The highest BCUT2D eigenvalue weighted by Gasteiger charge is 2.27. The molecule has 0 aliphatic carbocycles. The minimum Gasteiger partial charge on any atom is -0.594 e. The van der Waals surface area contributed by atoms with Gasteiger partial charge in [0.25, 0.3) is 30.4 Å². The normalized spacial score (nSPS) is 13.0. The van der Waals surface area contributed by atoms with E-state index >= 15 is 0 Å². The molecule has 10 N–H and O–H groups in total. The van der Waals surface area contributed by atoms with E-state index in [9.17, 15) is 54.3 Å². The summed E-state index contributed by atoms with van der Waals surface area (Å²) in [5.41, 5.74) is 9.90. The summed E-state index contributed by atoms with van der Waals surface area (Å²) >= 11 is 0.312. The van der Waals surface area contributed by atoms with Crippen molar-refractivity contribution in [1.29, 1.82) is 0 Å². The summed E-state index contributed by atoms with van der Waals surface area (Å²) in [5.74, 6) is -1.52. The number of nitrogen functional groups attached to an aromatic ring is 2. The zero-order valence-electron chi connectivity index (χ0n) is 28.9. The van der Waals surface area contributed by atoms with E-state index in [1.165, 1.54) is 54.6 Å². The molecule has 23 nitrogen and oxygen atoms in total. The third-order valence-corrected chi connectivity index (χ3v) is 11.5. The van der Waals surface area contributed by atoms with Crippen LogP contribution >= 0.6 is 12.0 Å². The van der Waals surface area contributed by atoms with Gasteiger partial charge in [-0.1, -0.05) is 9.90 Å². The number of nitrogens with zero attached hydrogens (tertiary/aromatic N) is 6. The maximum Gasteiger partial charge on any atom is 0.297 e. The molecule has 0 fully saturated rings. The molecule has 0 aliphatic heterocycles. The Morgan fingerprint density at radius 1 is 0.593 bits per heavy atom. The highest BCUT2D eigenvalue weighted by molar-refractivity contribution is 7.94. The van der Waals surface area contributed by atoms with Crippen LogP contribution in [0.1, 0.15) is 0 Å². The smallest absolute Gasteiger partial charge is 0.297 e. The van der Waals surface area contributed by atoms with E-state index in [-0.39, 0.29) is 60.0 Å². The average Bonchev–Trinajstić information content (AvgIpc) is 3.15. The number of hydrogen-bond donors (Lipinski definition) is 8. The van der Waals surface area contributed by atoms with Crippen molar-refractivity contribution in [1.82, 2.24) is 0 Å². The van der Waals surface area contributed by atoms with Gasteiger partial charge >= 0.3 is 0 Å². The standard InChI is InChI=1S/C32H24N8O15S4/c33-23-11-9-19-21(31(23)58(48,49)50)13-25(56-55-54-44)27(29(19)41)37-35-15-1-3-17(4-2-15)39-40(43)18-7-5-16(6-8-18)36-38-28-26(57(45,46)47)14-22-20(30(28)42)10-12-24(34)32(22)59(51,52)53/h1-14,41-42,44H,33-34H2,(H,45,46,47)(H,48,49,50)(H,51,52,53). The van der Waals surface area contributed by atoms with E-state index in [1.54, 1.807) is 0 Å². The van der Waals surface area contributed by atoms with Crippen LogP contribution in [0, 0.1) is 5.21 Å². The molecule has 59 heavy (non-hydrogen) atoms. The first-order valence-electron chi connectivity index (χ1n) is 15.6. The van der Waals surface area contributed by atoms with E-state index in [2.05, 4.69) is 34.9 Å². The molecule has 306 valence electrons. The number of aromatic hydroxyl groups is 2. The Hall–Kier alpha value is -6.40. The van der Waals surface area contributed by atoms with Gasteiger partial charge < -0.3 is 26.9 Å². The number of benzene rings is 6. The Balaban J connectivity index is 1.24. The fourth-order valence-electron chi connectivity index (χ4n) is 5.51. The number of phenolic OH excluding ortho intramolecular Hbond substituents is 2. The Morgan fingerprint density at radius 3 is 1.54 bits per heavy atom. The molecule has 0 saturated carbocycles. The number of phenols is 2. The topological polar surface area (TPSA) is 382 Å². The summed E-state index contributed by atoms with van der Waals surface area (Å²) in [6.45, 7) is 0. The van der Waals surface area contributed by atoms with Gasteiger partial charge in [-0.25, -0.2) is 5.26 Å². The fraction of sp³-hybridized carbons (Fsp3) is 0. The Bertz CT molecular complexity index is 3110. The van der Waals surface area contributed by atoms with Crippen LogP contribution in [0.4, 0.5) is 45.5 Å². The lowest BCUT2D eigenvalue weighted by molar-refractivity contribution is -0.435. The summed E-state index contributed by atoms with van der Waals surface area (Å²) in [6, 6.07) is 17.0. The van der Waals surface area contributed by atoms with Crippen molar-refractivity contribution in [3.05, 3.63) is 90.1 Å². The van der Waals surface area contributed by atoms with Crippen LogP contribution < -0.4 is 11.5 Å². The van der Waals surface area contributed by atoms with Crippen molar-refractivity contribution in [2.75, 3.05) is 11.5 Å². The van der Waals surface area contributed by atoms with Gasteiger partial charge in [-0.15, -0.1) is 14.6 Å². The van der Waals surface area contributed by atoms with Gasteiger partial charge in [0.2, 0.25) is 5.69 Å². The van der Waals surface area contributed by atoms with E-state index < -0.39 is 73.3 Å². The molecule has 0 amide bonds. The SMILES string of the molecule is Nc1ccc2c(O)c(N=Nc3ccc(N=[N+]([O-])c4ccc(N=Nc5c(S(=O)(=O)O)cc6c(S(=O)(=O)O)c(N)ccc6c5O)cc4)cc3)c(SOOO)cc2c1S(=O)(=O)O. The van der Waals surface area contributed by atoms with Gasteiger partial charge in [0, 0.05) is 38.8 Å². The summed E-state index contributed by atoms with van der Waals surface area (Å²) in [7, 11) is -15.1. The lowest BCUT2D eigenvalue weighted by atomic mass is 10.1. The number of nitrogens with two attached hydrogens (primary N) is 2. The first-order chi connectivity index (χ1) is 27.7.